The van der Waals surface area contributed by atoms with Crippen LogP contribution in [0.4, 0.5) is 5.69 Å². The van der Waals surface area contributed by atoms with E-state index in [1.807, 2.05) is 12.1 Å². The van der Waals surface area contributed by atoms with Crippen LogP contribution in [0.1, 0.15) is 15.9 Å². The molecule has 0 fully saturated rings. The highest BCUT2D eigenvalue weighted by molar-refractivity contribution is 9.08. The molecule has 2 amide bonds. The molecule has 0 spiro atoms. The van der Waals surface area contributed by atoms with Crippen LogP contribution in [0.2, 0.25) is 0 Å². The molecule has 0 aliphatic carbocycles. The standard InChI is InChI=1S/C14H15BrN4O2/c1-16-13(20)9-19-8-12(7-17-19)18-14(21)11-4-2-10(6-15)3-5-11/h2-5,7-8H,6,9H2,1H3,(H,16,20)(H,18,21). The summed E-state index contributed by atoms with van der Waals surface area (Å²) in [6.07, 6.45) is 3.12. The Labute approximate surface area is 130 Å². The number of nitrogens with zero attached hydrogens (tertiary/aromatic N) is 2. The molecule has 1 aromatic carbocycles. The monoisotopic (exact) mass is 350 g/mol. The van der Waals surface area contributed by atoms with E-state index in [4.69, 9.17) is 0 Å². The summed E-state index contributed by atoms with van der Waals surface area (Å²) in [5.74, 6) is -0.364. The normalized spacial score (nSPS) is 10.2. The van der Waals surface area contributed by atoms with Gasteiger partial charge in [0.15, 0.2) is 0 Å². The van der Waals surface area contributed by atoms with E-state index in [1.54, 1.807) is 25.4 Å². The number of anilines is 1. The van der Waals surface area contributed by atoms with Crippen LogP contribution in [-0.2, 0) is 16.7 Å². The van der Waals surface area contributed by atoms with E-state index in [-0.39, 0.29) is 18.4 Å². The van der Waals surface area contributed by atoms with Gasteiger partial charge >= 0.3 is 0 Å². The molecule has 21 heavy (non-hydrogen) atoms. The highest BCUT2D eigenvalue weighted by Gasteiger charge is 2.08. The third kappa shape index (κ3) is 4.16. The number of hydrogen-bond acceptors (Lipinski definition) is 3. The fourth-order valence-corrected chi connectivity index (χ4v) is 2.06. The van der Waals surface area contributed by atoms with Crippen molar-refractivity contribution in [3.8, 4) is 0 Å². The molecule has 110 valence electrons. The summed E-state index contributed by atoms with van der Waals surface area (Å²) >= 11 is 3.36. The first-order valence-corrected chi connectivity index (χ1v) is 7.44. The highest BCUT2D eigenvalue weighted by Crippen LogP contribution is 2.11. The first kappa shape index (κ1) is 15.2. The number of carbonyl (C=O) groups is 2. The first-order chi connectivity index (χ1) is 10.1. The first-order valence-electron chi connectivity index (χ1n) is 6.31. The molecule has 2 rings (SSSR count). The third-order valence-corrected chi connectivity index (χ3v) is 3.49. The fraction of sp³-hybridized carbons (Fsp3) is 0.214. The number of nitrogens with one attached hydrogen (secondary N) is 2. The van der Waals surface area contributed by atoms with Gasteiger partial charge in [0.25, 0.3) is 5.91 Å². The van der Waals surface area contributed by atoms with Crippen LogP contribution in [0.5, 0.6) is 0 Å². The number of alkyl halides is 1. The predicted octanol–water partition coefficient (Wildman–Crippen LogP) is 1.78. The van der Waals surface area contributed by atoms with Crippen molar-refractivity contribution in [2.75, 3.05) is 12.4 Å². The SMILES string of the molecule is CNC(=O)Cn1cc(NC(=O)c2ccc(CBr)cc2)cn1. The number of hydrogen-bond donors (Lipinski definition) is 2. The second-order valence-electron chi connectivity index (χ2n) is 4.38. The molecule has 0 unspecified atom stereocenters. The second kappa shape index (κ2) is 7.03. The molecule has 1 heterocycles. The van der Waals surface area contributed by atoms with Crippen molar-refractivity contribution in [2.24, 2.45) is 0 Å². The molecule has 0 aliphatic heterocycles. The number of amides is 2. The number of halogens is 1. The van der Waals surface area contributed by atoms with Crippen LogP contribution < -0.4 is 10.6 Å². The van der Waals surface area contributed by atoms with Crippen LogP contribution in [0.25, 0.3) is 0 Å². The van der Waals surface area contributed by atoms with E-state index < -0.39 is 0 Å². The third-order valence-electron chi connectivity index (χ3n) is 2.85. The van der Waals surface area contributed by atoms with E-state index in [0.717, 1.165) is 10.9 Å². The molecular formula is C14H15BrN4O2. The summed E-state index contributed by atoms with van der Waals surface area (Å²) in [6.45, 7) is 0.117. The van der Waals surface area contributed by atoms with Crippen LogP contribution in [0.3, 0.4) is 0 Å². The summed E-state index contributed by atoms with van der Waals surface area (Å²) in [5, 5.41) is 10.0. The van der Waals surface area contributed by atoms with Crippen molar-refractivity contribution >= 4 is 33.4 Å². The Kier molecular flexibility index (Phi) is 5.10. The zero-order valence-electron chi connectivity index (χ0n) is 11.5. The van der Waals surface area contributed by atoms with Gasteiger partial charge in [-0.3, -0.25) is 14.3 Å². The summed E-state index contributed by atoms with van der Waals surface area (Å²) in [4.78, 5) is 23.3. The number of benzene rings is 1. The Bertz CT molecular complexity index is 637. The summed E-state index contributed by atoms with van der Waals surface area (Å²) in [5.41, 5.74) is 2.22. The molecule has 1 aromatic heterocycles. The number of aromatic nitrogens is 2. The molecule has 0 bridgehead atoms. The Morgan fingerprint density at radius 3 is 2.62 bits per heavy atom. The Balaban J connectivity index is 2.00. The molecule has 6 nitrogen and oxygen atoms in total. The van der Waals surface area contributed by atoms with Crippen molar-refractivity contribution in [3.05, 3.63) is 47.8 Å². The van der Waals surface area contributed by atoms with E-state index >= 15 is 0 Å². The molecule has 7 heteroatoms. The predicted molar refractivity (Wildman–Crippen MR) is 83.3 cm³/mol. The minimum absolute atomic E-state index is 0.117. The van der Waals surface area contributed by atoms with Crippen molar-refractivity contribution in [3.63, 3.8) is 0 Å². The topological polar surface area (TPSA) is 76.0 Å². The summed E-state index contributed by atoms with van der Waals surface area (Å²) < 4.78 is 1.46. The largest absolute Gasteiger partial charge is 0.358 e. The van der Waals surface area contributed by atoms with E-state index in [9.17, 15) is 9.59 Å². The highest BCUT2D eigenvalue weighted by atomic mass is 79.9. The Morgan fingerprint density at radius 1 is 1.29 bits per heavy atom. The maximum Gasteiger partial charge on any atom is 0.255 e. The molecule has 2 N–H and O–H groups in total. The van der Waals surface area contributed by atoms with Crippen molar-refractivity contribution in [1.82, 2.24) is 15.1 Å². The maximum absolute atomic E-state index is 12.1. The Hall–Kier alpha value is -2.15. The lowest BCUT2D eigenvalue weighted by Crippen LogP contribution is -2.23. The summed E-state index contributed by atoms with van der Waals surface area (Å²) in [6, 6.07) is 7.30. The van der Waals surface area contributed by atoms with Crippen molar-refractivity contribution in [1.29, 1.82) is 0 Å². The Morgan fingerprint density at radius 2 is 2.00 bits per heavy atom. The van der Waals surface area contributed by atoms with Gasteiger partial charge in [0, 0.05) is 24.1 Å². The van der Waals surface area contributed by atoms with Gasteiger partial charge in [-0.15, -0.1) is 0 Å². The number of likely N-dealkylation sites (N-methyl/N-ethyl adjacent to an activating group) is 1. The lowest BCUT2D eigenvalue weighted by molar-refractivity contribution is -0.121. The lowest BCUT2D eigenvalue weighted by Gasteiger charge is -2.03. The average molecular weight is 351 g/mol. The molecule has 0 atom stereocenters. The average Bonchev–Trinajstić information content (AvgIpc) is 2.94. The molecule has 0 aliphatic rings. The number of carbonyl (C=O) groups excluding carboxylic acids is 2. The summed E-state index contributed by atoms with van der Waals surface area (Å²) in [7, 11) is 1.56. The molecular weight excluding hydrogens is 336 g/mol. The van der Waals surface area contributed by atoms with E-state index in [0.29, 0.717) is 11.3 Å². The van der Waals surface area contributed by atoms with Gasteiger partial charge in [0.2, 0.25) is 5.91 Å². The molecule has 2 aromatic rings. The van der Waals surface area contributed by atoms with E-state index in [1.165, 1.54) is 10.9 Å². The zero-order chi connectivity index (χ0) is 15.2. The smallest absolute Gasteiger partial charge is 0.255 e. The second-order valence-corrected chi connectivity index (χ2v) is 4.95. The van der Waals surface area contributed by atoms with Crippen LogP contribution in [0, 0.1) is 0 Å². The lowest BCUT2D eigenvalue weighted by atomic mass is 10.1. The maximum atomic E-state index is 12.1. The fourth-order valence-electron chi connectivity index (χ4n) is 1.69. The van der Waals surface area contributed by atoms with Gasteiger partial charge in [0.05, 0.1) is 11.9 Å². The van der Waals surface area contributed by atoms with E-state index in [2.05, 4.69) is 31.7 Å². The van der Waals surface area contributed by atoms with Gasteiger partial charge in [-0.1, -0.05) is 28.1 Å². The minimum atomic E-state index is -0.212. The van der Waals surface area contributed by atoms with Crippen LogP contribution >= 0.6 is 15.9 Å². The van der Waals surface area contributed by atoms with Gasteiger partial charge < -0.3 is 10.6 Å². The minimum Gasteiger partial charge on any atom is -0.358 e. The molecule has 0 saturated heterocycles. The van der Waals surface area contributed by atoms with Crippen molar-refractivity contribution < 1.29 is 9.59 Å². The zero-order valence-corrected chi connectivity index (χ0v) is 13.1. The van der Waals surface area contributed by atoms with Crippen LogP contribution in [-0.4, -0.2) is 28.6 Å². The molecule has 0 radical (unpaired) electrons. The molecule has 0 saturated carbocycles. The number of rotatable bonds is 5. The van der Waals surface area contributed by atoms with Crippen LogP contribution in [0.15, 0.2) is 36.7 Å². The van der Waals surface area contributed by atoms with Gasteiger partial charge in [0.1, 0.15) is 6.54 Å². The van der Waals surface area contributed by atoms with Gasteiger partial charge in [-0.05, 0) is 17.7 Å². The quantitative estimate of drug-likeness (QED) is 0.807. The van der Waals surface area contributed by atoms with Gasteiger partial charge in [-0.25, -0.2) is 0 Å². The van der Waals surface area contributed by atoms with Crippen molar-refractivity contribution in [2.45, 2.75) is 11.9 Å². The van der Waals surface area contributed by atoms with Gasteiger partial charge in [-0.2, -0.15) is 5.10 Å².